The highest BCUT2D eigenvalue weighted by molar-refractivity contribution is 5.90. The first kappa shape index (κ1) is 18.2. The highest BCUT2D eigenvalue weighted by atomic mass is 16.1. The van der Waals surface area contributed by atoms with Gasteiger partial charge >= 0.3 is 0 Å². The molecule has 2 aromatic carbocycles. The lowest BCUT2D eigenvalue weighted by molar-refractivity contribution is -0.116. The van der Waals surface area contributed by atoms with E-state index >= 15 is 0 Å². The number of carbonyl (C=O) groups excluding carboxylic acids is 1. The first-order valence-corrected chi connectivity index (χ1v) is 9.54. The summed E-state index contributed by atoms with van der Waals surface area (Å²) >= 11 is 0. The first-order valence-electron chi connectivity index (χ1n) is 9.54. The molecule has 1 aromatic heterocycles. The fourth-order valence-electron chi connectivity index (χ4n) is 3.25. The maximum Gasteiger partial charge on any atom is 0.224 e. The van der Waals surface area contributed by atoms with Gasteiger partial charge in [-0.15, -0.1) is 0 Å². The SMILES string of the molecule is CCCC(=O)Nc1ccc(CCc2nc3ccccc3n2CCC)cc1. The Morgan fingerprint density at radius 3 is 2.50 bits per heavy atom. The average molecular weight is 349 g/mol. The van der Waals surface area contributed by atoms with Gasteiger partial charge in [0.1, 0.15) is 5.82 Å². The van der Waals surface area contributed by atoms with Crippen molar-refractivity contribution in [2.45, 2.75) is 52.5 Å². The Hall–Kier alpha value is -2.62. The number of aromatic nitrogens is 2. The van der Waals surface area contributed by atoms with E-state index in [2.05, 4.69) is 47.1 Å². The van der Waals surface area contributed by atoms with Crippen LogP contribution in [0.1, 0.15) is 44.5 Å². The lowest BCUT2D eigenvalue weighted by Gasteiger charge is -2.09. The van der Waals surface area contributed by atoms with E-state index in [1.54, 1.807) is 0 Å². The fourth-order valence-corrected chi connectivity index (χ4v) is 3.25. The third kappa shape index (κ3) is 4.31. The number of amides is 1. The number of para-hydroxylation sites is 2. The van der Waals surface area contributed by atoms with Gasteiger partial charge in [-0.25, -0.2) is 4.98 Å². The van der Waals surface area contributed by atoms with Crippen molar-refractivity contribution in [2.75, 3.05) is 5.32 Å². The minimum Gasteiger partial charge on any atom is -0.328 e. The highest BCUT2D eigenvalue weighted by Gasteiger charge is 2.10. The molecule has 1 N–H and O–H groups in total. The molecule has 0 unspecified atom stereocenters. The molecule has 0 aliphatic carbocycles. The van der Waals surface area contributed by atoms with Gasteiger partial charge in [-0.1, -0.05) is 38.1 Å². The lowest BCUT2D eigenvalue weighted by atomic mass is 10.1. The van der Waals surface area contributed by atoms with Crippen LogP contribution in [0.15, 0.2) is 48.5 Å². The number of aryl methyl sites for hydroxylation is 3. The molecule has 0 spiro atoms. The molecule has 1 heterocycles. The number of benzene rings is 2. The van der Waals surface area contributed by atoms with E-state index in [9.17, 15) is 4.79 Å². The van der Waals surface area contributed by atoms with Crippen molar-refractivity contribution in [3.05, 3.63) is 59.9 Å². The number of carbonyl (C=O) groups is 1. The zero-order valence-corrected chi connectivity index (χ0v) is 15.7. The summed E-state index contributed by atoms with van der Waals surface area (Å²) in [7, 11) is 0. The summed E-state index contributed by atoms with van der Waals surface area (Å²) in [5, 5.41) is 2.93. The minimum atomic E-state index is 0.0773. The molecule has 0 fully saturated rings. The van der Waals surface area contributed by atoms with Crippen LogP contribution in [0.3, 0.4) is 0 Å². The second-order valence-electron chi connectivity index (χ2n) is 6.66. The van der Waals surface area contributed by atoms with Crippen molar-refractivity contribution >= 4 is 22.6 Å². The van der Waals surface area contributed by atoms with Crippen molar-refractivity contribution < 1.29 is 4.79 Å². The van der Waals surface area contributed by atoms with Crippen molar-refractivity contribution in [3.63, 3.8) is 0 Å². The molecule has 0 bridgehead atoms. The summed E-state index contributed by atoms with van der Waals surface area (Å²) < 4.78 is 2.34. The molecule has 0 aliphatic heterocycles. The maximum atomic E-state index is 11.7. The molecular weight excluding hydrogens is 322 g/mol. The largest absolute Gasteiger partial charge is 0.328 e. The number of nitrogens with zero attached hydrogens (tertiary/aromatic N) is 2. The predicted molar refractivity (Wildman–Crippen MR) is 107 cm³/mol. The molecular formula is C22H27N3O. The van der Waals surface area contributed by atoms with E-state index in [0.29, 0.717) is 6.42 Å². The van der Waals surface area contributed by atoms with Crippen LogP contribution in [0, 0.1) is 0 Å². The van der Waals surface area contributed by atoms with Crippen LogP contribution >= 0.6 is 0 Å². The average Bonchev–Trinajstić information content (AvgIpc) is 2.99. The summed E-state index contributed by atoms with van der Waals surface area (Å²) in [5.74, 6) is 1.22. The third-order valence-electron chi connectivity index (χ3n) is 4.53. The van der Waals surface area contributed by atoms with Gasteiger partial charge in [-0.3, -0.25) is 4.79 Å². The van der Waals surface area contributed by atoms with Crippen LogP contribution in [-0.4, -0.2) is 15.5 Å². The summed E-state index contributed by atoms with van der Waals surface area (Å²) in [6, 6.07) is 16.5. The minimum absolute atomic E-state index is 0.0773. The van der Waals surface area contributed by atoms with E-state index in [4.69, 9.17) is 4.98 Å². The molecule has 3 aromatic rings. The smallest absolute Gasteiger partial charge is 0.224 e. The molecule has 0 radical (unpaired) electrons. The molecule has 3 rings (SSSR count). The second-order valence-corrected chi connectivity index (χ2v) is 6.66. The number of fused-ring (bicyclic) bond motifs is 1. The number of imidazole rings is 1. The Bertz CT molecular complexity index is 865. The van der Waals surface area contributed by atoms with Gasteiger partial charge in [0, 0.05) is 25.1 Å². The molecule has 4 heteroatoms. The summed E-state index contributed by atoms with van der Waals surface area (Å²) in [6.45, 7) is 5.21. The van der Waals surface area contributed by atoms with Crippen molar-refractivity contribution in [2.24, 2.45) is 0 Å². The lowest BCUT2D eigenvalue weighted by Crippen LogP contribution is -2.10. The van der Waals surface area contributed by atoms with Crippen LogP contribution in [0.25, 0.3) is 11.0 Å². The zero-order chi connectivity index (χ0) is 18.4. The first-order chi connectivity index (χ1) is 12.7. The maximum absolute atomic E-state index is 11.7. The normalized spacial score (nSPS) is 11.0. The van der Waals surface area contributed by atoms with Gasteiger partial charge in [0.05, 0.1) is 11.0 Å². The third-order valence-corrected chi connectivity index (χ3v) is 4.53. The van der Waals surface area contributed by atoms with Crippen LogP contribution in [-0.2, 0) is 24.2 Å². The standard InChI is InChI=1S/C22H27N3O/c1-3-7-22(26)23-18-13-10-17(11-14-18)12-15-21-24-19-8-5-6-9-20(19)25(21)16-4-2/h5-6,8-11,13-14H,3-4,7,12,15-16H2,1-2H3,(H,23,26). The predicted octanol–water partition coefficient (Wildman–Crippen LogP) is 4.97. The number of nitrogens with one attached hydrogen (secondary N) is 1. The monoisotopic (exact) mass is 349 g/mol. The molecule has 0 aliphatic rings. The van der Waals surface area contributed by atoms with Gasteiger partial charge < -0.3 is 9.88 Å². The van der Waals surface area contributed by atoms with Crippen molar-refractivity contribution in [1.29, 1.82) is 0 Å². The summed E-state index contributed by atoms with van der Waals surface area (Å²) in [5.41, 5.74) is 4.42. The summed E-state index contributed by atoms with van der Waals surface area (Å²) in [6.07, 6.45) is 4.38. The number of rotatable bonds is 8. The van der Waals surface area contributed by atoms with Crippen LogP contribution < -0.4 is 5.32 Å². The topological polar surface area (TPSA) is 46.9 Å². The fraction of sp³-hybridized carbons (Fsp3) is 0.364. The van der Waals surface area contributed by atoms with Gasteiger partial charge in [-0.05, 0) is 49.1 Å². The van der Waals surface area contributed by atoms with Crippen LogP contribution in [0.4, 0.5) is 5.69 Å². The number of anilines is 1. The van der Waals surface area contributed by atoms with Gasteiger partial charge in [0.2, 0.25) is 5.91 Å². The zero-order valence-electron chi connectivity index (χ0n) is 15.7. The Labute approximate surface area is 155 Å². The molecule has 0 saturated heterocycles. The van der Waals surface area contributed by atoms with Crippen molar-refractivity contribution in [3.8, 4) is 0 Å². The molecule has 0 atom stereocenters. The Morgan fingerprint density at radius 2 is 1.77 bits per heavy atom. The molecule has 4 nitrogen and oxygen atoms in total. The van der Waals surface area contributed by atoms with E-state index in [1.807, 2.05) is 25.1 Å². The Balaban J connectivity index is 1.68. The van der Waals surface area contributed by atoms with E-state index < -0.39 is 0 Å². The van der Waals surface area contributed by atoms with Gasteiger partial charge in [-0.2, -0.15) is 0 Å². The molecule has 136 valence electrons. The van der Waals surface area contributed by atoms with E-state index in [-0.39, 0.29) is 5.91 Å². The molecule has 0 saturated carbocycles. The highest BCUT2D eigenvalue weighted by Crippen LogP contribution is 2.19. The van der Waals surface area contributed by atoms with Crippen molar-refractivity contribution in [1.82, 2.24) is 9.55 Å². The van der Waals surface area contributed by atoms with Crippen LogP contribution in [0.5, 0.6) is 0 Å². The van der Waals surface area contributed by atoms with Gasteiger partial charge in [0.15, 0.2) is 0 Å². The molecule has 1 amide bonds. The Kier molecular flexibility index (Phi) is 6.05. The second kappa shape index (κ2) is 8.65. The quantitative estimate of drug-likeness (QED) is 0.624. The van der Waals surface area contributed by atoms with E-state index in [1.165, 1.54) is 11.1 Å². The molecule has 26 heavy (non-hydrogen) atoms. The Morgan fingerprint density at radius 1 is 1.00 bits per heavy atom. The number of hydrogen-bond donors (Lipinski definition) is 1. The number of hydrogen-bond acceptors (Lipinski definition) is 2. The summed E-state index contributed by atoms with van der Waals surface area (Å²) in [4.78, 5) is 16.5. The van der Waals surface area contributed by atoms with Gasteiger partial charge in [0.25, 0.3) is 0 Å². The van der Waals surface area contributed by atoms with Crippen LogP contribution in [0.2, 0.25) is 0 Å². The van der Waals surface area contributed by atoms with E-state index in [0.717, 1.165) is 49.3 Å².